The minimum Gasteiger partial charge on any atom is -0.339 e. The molecule has 1 aliphatic carbocycles. The third-order valence-corrected chi connectivity index (χ3v) is 5.65. The third-order valence-electron chi connectivity index (χ3n) is 5.65. The first-order valence-corrected chi connectivity index (χ1v) is 10.0. The lowest BCUT2D eigenvalue weighted by Gasteiger charge is -2.22. The molecule has 0 spiro atoms. The van der Waals surface area contributed by atoms with E-state index in [9.17, 15) is 13.6 Å². The van der Waals surface area contributed by atoms with Crippen LogP contribution in [-0.2, 0) is 12.3 Å². The molecule has 0 unspecified atom stereocenters. The number of nitrogens with zero attached hydrogens (tertiary/aromatic N) is 3. The summed E-state index contributed by atoms with van der Waals surface area (Å²) in [6.07, 6.45) is 8.08. The number of halogens is 2. The van der Waals surface area contributed by atoms with Crippen LogP contribution in [0.25, 0.3) is 5.65 Å². The summed E-state index contributed by atoms with van der Waals surface area (Å²) in [5.41, 5.74) is 1.36. The number of aromatic nitrogens is 2. The number of fused-ring (bicyclic) bond motifs is 1. The Morgan fingerprint density at radius 2 is 1.93 bits per heavy atom. The van der Waals surface area contributed by atoms with Gasteiger partial charge in [0.25, 0.3) is 11.8 Å². The van der Waals surface area contributed by atoms with Crippen LogP contribution in [0.2, 0.25) is 0 Å². The number of alkyl halides is 2. The second-order valence-corrected chi connectivity index (χ2v) is 7.62. The van der Waals surface area contributed by atoms with E-state index in [0.717, 1.165) is 19.8 Å². The molecule has 4 nitrogen and oxygen atoms in total. The van der Waals surface area contributed by atoms with Gasteiger partial charge in [0, 0.05) is 31.8 Å². The van der Waals surface area contributed by atoms with Crippen molar-refractivity contribution >= 4 is 11.6 Å². The van der Waals surface area contributed by atoms with Gasteiger partial charge in [-0.1, -0.05) is 32.1 Å². The van der Waals surface area contributed by atoms with Crippen LogP contribution in [0.5, 0.6) is 0 Å². The van der Waals surface area contributed by atoms with E-state index in [0.29, 0.717) is 42.3 Å². The quantitative estimate of drug-likeness (QED) is 0.706. The average Bonchev–Trinajstić information content (AvgIpc) is 3.01. The maximum Gasteiger partial charge on any atom is 0.288 e. The number of carbonyl (C=O) groups is 1. The lowest BCUT2D eigenvalue weighted by molar-refractivity contribution is 0.0120. The maximum absolute atomic E-state index is 14.3. The minimum absolute atomic E-state index is 0.0934. The summed E-state index contributed by atoms with van der Waals surface area (Å²) in [4.78, 5) is 18.6. The molecule has 0 aliphatic heterocycles. The van der Waals surface area contributed by atoms with Crippen LogP contribution in [0.4, 0.5) is 8.78 Å². The highest BCUT2D eigenvalue weighted by atomic mass is 19.3. The van der Waals surface area contributed by atoms with E-state index >= 15 is 0 Å². The van der Waals surface area contributed by atoms with Gasteiger partial charge in [-0.15, -0.1) is 0 Å². The van der Waals surface area contributed by atoms with E-state index in [2.05, 4.69) is 4.98 Å². The van der Waals surface area contributed by atoms with Crippen LogP contribution in [0.3, 0.4) is 0 Å². The van der Waals surface area contributed by atoms with Gasteiger partial charge in [-0.05, 0) is 38.3 Å². The van der Waals surface area contributed by atoms with Gasteiger partial charge in [-0.3, -0.25) is 4.79 Å². The van der Waals surface area contributed by atoms with Crippen molar-refractivity contribution in [1.82, 2.24) is 14.3 Å². The summed E-state index contributed by atoms with van der Waals surface area (Å²) in [5.74, 6) is -2.67. The zero-order chi connectivity index (χ0) is 19.6. The van der Waals surface area contributed by atoms with Gasteiger partial charge >= 0.3 is 0 Å². The molecule has 1 amide bonds. The minimum atomic E-state index is -3.00. The molecule has 0 N–H and O–H groups in total. The van der Waals surface area contributed by atoms with E-state index < -0.39 is 5.92 Å². The fourth-order valence-electron chi connectivity index (χ4n) is 4.13. The number of hydrogen-bond acceptors (Lipinski definition) is 2. The summed E-state index contributed by atoms with van der Waals surface area (Å²) < 4.78 is 30.3. The monoisotopic (exact) mass is 377 g/mol. The Hall–Kier alpha value is -1.98. The Morgan fingerprint density at radius 1 is 1.26 bits per heavy atom. The number of hydrogen-bond donors (Lipinski definition) is 0. The highest BCUT2D eigenvalue weighted by molar-refractivity contribution is 5.95. The van der Waals surface area contributed by atoms with Gasteiger partial charge in [0.1, 0.15) is 11.3 Å². The number of carbonyl (C=O) groups excluding carboxylic acids is 1. The smallest absolute Gasteiger partial charge is 0.288 e. The fraction of sp³-hybridized carbons (Fsp3) is 0.619. The molecule has 2 aromatic rings. The van der Waals surface area contributed by atoms with Crippen LogP contribution in [0.1, 0.15) is 74.6 Å². The highest BCUT2D eigenvalue weighted by Gasteiger charge is 2.33. The molecular formula is C21H29F2N3O. The van der Waals surface area contributed by atoms with Gasteiger partial charge in [0.05, 0.1) is 5.69 Å². The summed E-state index contributed by atoms with van der Waals surface area (Å²) in [7, 11) is 0. The third kappa shape index (κ3) is 4.14. The first-order chi connectivity index (χ1) is 12.8. The topological polar surface area (TPSA) is 37.6 Å². The van der Waals surface area contributed by atoms with Crippen molar-refractivity contribution in [3.63, 3.8) is 0 Å². The second-order valence-electron chi connectivity index (χ2n) is 7.62. The molecule has 1 aliphatic rings. The molecular weight excluding hydrogens is 348 g/mol. The lowest BCUT2D eigenvalue weighted by Crippen LogP contribution is -2.30. The van der Waals surface area contributed by atoms with Crippen LogP contribution in [0, 0.1) is 5.92 Å². The number of pyridine rings is 1. The molecule has 3 rings (SSSR count). The SMILES string of the molecule is CCN(CC)C(=O)c1ccn2c(CC3CCCCC3)c(C(C)(F)F)nc2c1. The van der Waals surface area contributed by atoms with Gasteiger partial charge in [-0.25, -0.2) is 4.98 Å². The predicted molar refractivity (Wildman–Crippen MR) is 102 cm³/mol. The molecule has 0 aromatic carbocycles. The van der Waals surface area contributed by atoms with Gasteiger partial charge in [0.15, 0.2) is 0 Å². The average molecular weight is 377 g/mol. The fourth-order valence-corrected chi connectivity index (χ4v) is 4.13. The lowest BCUT2D eigenvalue weighted by atomic mass is 9.85. The summed E-state index contributed by atoms with van der Waals surface area (Å²) in [5, 5.41) is 0. The molecule has 0 bridgehead atoms. The van der Waals surface area contributed by atoms with E-state index in [1.54, 1.807) is 27.6 Å². The normalized spacial score (nSPS) is 16.0. The molecule has 2 heterocycles. The molecule has 0 saturated heterocycles. The molecule has 27 heavy (non-hydrogen) atoms. The van der Waals surface area contributed by atoms with Crippen molar-refractivity contribution in [2.24, 2.45) is 5.92 Å². The summed E-state index contributed by atoms with van der Waals surface area (Å²) in [6, 6.07) is 3.36. The van der Waals surface area contributed by atoms with Gasteiger partial charge in [-0.2, -0.15) is 8.78 Å². The van der Waals surface area contributed by atoms with Crippen LogP contribution in [0.15, 0.2) is 18.3 Å². The zero-order valence-electron chi connectivity index (χ0n) is 16.5. The van der Waals surface area contributed by atoms with Crippen molar-refractivity contribution < 1.29 is 13.6 Å². The molecule has 148 valence electrons. The highest BCUT2D eigenvalue weighted by Crippen LogP contribution is 2.34. The zero-order valence-corrected chi connectivity index (χ0v) is 16.5. The number of rotatable bonds is 6. The number of imidazole rings is 1. The first kappa shape index (κ1) is 19.8. The molecule has 6 heteroatoms. The summed E-state index contributed by atoms with van der Waals surface area (Å²) in [6.45, 7) is 5.97. The maximum atomic E-state index is 14.3. The van der Waals surface area contributed by atoms with Crippen LogP contribution < -0.4 is 0 Å². The Kier molecular flexibility index (Phi) is 5.82. The molecule has 0 atom stereocenters. The molecule has 1 fully saturated rings. The van der Waals surface area contributed by atoms with Crippen molar-refractivity contribution in [2.45, 2.75) is 65.2 Å². The largest absolute Gasteiger partial charge is 0.339 e. The molecule has 1 saturated carbocycles. The molecule has 0 radical (unpaired) electrons. The van der Waals surface area contributed by atoms with E-state index in [-0.39, 0.29) is 11.6 Å². The van der Waals surface area contributed by atoms with Crippen LogP contribution >= 0.6 is 0 Å². The second kappa shape index (κ2) is 7.95. The van der Waals surface area contributed by atoms with E-state index in [1.165, 1.54) is 19.3 Å². The Balaban J connectivity index is 2.01. The van der Waals surface area contributed by atoms with E-state index in [1.807, 2.05) is 13.8 Å². The Labute approximate surface area is 159 Å². The molecule has 2 aromatic heterocycles. The predicted octanol–water partition coefficient (Wildman–Crippen LogP) is 5.05. The van der Waals surface area contributed by atoms with Crippen LogP contribution in [-0.4, -0.2) is 33.3 Å². The van der Waals surface area contributed by atoms with Crippen molar-refractivity contribution in [2.75, 3.05) is 13.1 Å². The van der Waals surface area contributed by atoms with Gasteiger partial charge in [0.2, 0.25) is 0 Å². The van der Waals surface area contributed by atoms with Crippen molar-refractivity contribution in [1.29, 1.82) is 0 Å². The van der Waals surface area contributed by atoms with Crippen molar-refractivity contribution in [3.8, 4) is 0 Å². The van der Waals surface area contributed by atoms with Crippen molar-refractivity contribution in [3.05, 3.63) is 35.3 Å². The summed E-state index contributed by atoms with van der Waals surface area (Å²) >= 11 is 0. The van der Waals surface area contributed by atoms with E-state index in [4.69, 9.17) is 0 Å². The first-order valence-electron chi connectivity index (χ1n) is 10.0. The number of amides is 1. The standard InChI is InChI=1S/C21H29F2N3O/c1-4-25(5-2)20(27)16-11-12-26-17(13-15-9-7-6-8-10-15)19(21(3,22)23)24-18(26)14-16/h11-12,14-15H,4-10,13H2,1-3H3. The Morgan fingerprint density at radius 3 is 2.52 bits per heavy atom. The Bertz CT molecular complexity index is 800. The van der Waals surface area contributed by atoms with Gasteiger partial charge < -0.3 is 9.30 Å².